The summed E-state index contributed by atoms with van der Waals surface area (Å²) in [7, 11) is 0. The zero-order valence-corrected chi connectivity index (χ0v) is 16.2. The molecule has 0 radical (unpaired) electrons. The van der Waals surface area contributed by atoms with Crippen LogP contribution in [0.1, 0.15) is 37.9 Å². The molecule has 1 fully saturated rings. The van der Waals surface area contributed by atoms with Crippen molar-refractivity contribution in [3.05, 3.63) is 60.2 Å². The van der Waals surface area contributed by atoms with Crippen molar-refractivity contribution in [3.63, 3.8) is 0 Å². The topological polar surface area (TPSA) is 68.5 Å². The van der Waals surface area contributed by atoms with Crippen molar-refractivity contribution >= 4 is 11.6 Å². The Morgan fingerprint density at radius 3 is 2.66 bits per heavy atom. The molecule has 0 N–H and O–H groups in total. The first-order valence-corrected chi connectivity index (χ1v) is 9.77. The Balaban J connectivity index is 1.44. The quantitative estimate of drug-likeness (QED) is 0.548. The summed E-state index contributed by atoms with van der Waals surface area (Å²) in [6.07, 6.45) is 2.40. The normalized spacial score (nSPS) is 16.4. The third-order valence-corrected chi connectivity index (χ3v) is 4.94. The molecule has 2 aromatic carbocycles. The molecule has 1 aromatic heterocycles. The highest BCUT2D eigenvalue weighted by Crippen LogP contribution is 2.31. The van der Waals surface area contributed by atoms with Gasteiger partial charge < -0.3 is 14.2 Å². The number of anilines is 1. The predicted octanol–water partition coefficient (Wildman–Crippen LogP) is 4.58. The van der Waals surface area contributed by atoms with Gasteiger partial charge in [0.25, 0.3) is 5.89 Å². The first-order valence-electron chi connectivity index (χ1n) is 9.77. The fourth-order valence-corrected chi connectivity index (χ4v) is 3.30. The maximum absolute atomic E-state index is 13.1. The number of unbranched alkanes of at least 4 members (excludes halogenated alkanes) is 1. The molecule has 0 bridgehead atoms. The maximum Gasteiger partial charge on any atom is 0.257 e. The van der Waals surface area contributed by atoms with E-state index in [1.165, 1.54) is 12.1 Å². The number of aromatic nitrogens is 2. The summed E-state index contributed by atoms with van der Waals surface area (Å²) in [6, 6.07) is 13.4. The molecule has 1 atom stereocenters. The van der Waals surface area contributed by atoms with E-state index in [1.807, 2.05) is 24.3 Å². The number of hydrogen-bond acceptors (Lipinski definition) is 5. The number of amides is 1. The highest BCUT2D eigenvalue weighted by Gasteiger charge is 2.34. The van der Waals surface area contributed by atoms with Crippen LogP contribution in [0.15, 0.2) is 53.1 Å². The van der Waals surface area contributed by atoms with E-state index in [0.29, 0.717) is 37.0 Å². The molecule has 150 valence electrons. The largest absolute Gasteiger partial charge is 0.494 e. The van der Waals surface area contributed by atoms with Gasteiger partial charge in [0, 0.05) is 30.1 Å². The van der Waals surface area contributed by atoms with Crippen molar-refractivity contribution < 1.29 is 18.4 Å². The Morgan fingerprint density at radius 1 is 1.17 bits per heavy atom. The minimum atomic E-state index is -0.332. The van der Waals surface area contributed by atoms with Crippen molar-refractivity contribution in [1.82, 2.24) is 10.1 Å². The Hall–Kier alpha value is -3.22. The fraction of sp³-hybridized carbons (Fsp3) is 0.318. The molecule has 6 nitrogen and oxygen atoms in total. The lowest BCUT2D eigenvalue weighted by molar-refractivity contribution is -0.117. The van der Waals surface area contributed by atoms with Crippen LogP contribution in [0.3, 0.4) is 0 Å². The second-order valence-electron chi connectivity index (χ2n) is 7.07. The average molecular weight is 395 g/mol. The maximum atomic E-state index is 13.1. The third-order valence-electron chi connectivity index (χ3n) is 4.94. The van der Waals surface area contributed by atoms with E-state index in [0.717, 1.165) is 24.2 Å². The molecule has 1 saturated heterocycles. The molecule has 1 aliphatic heterocycles. The molecule has 2 heterocycles. The number of ether oxygens (including phenoxy) is 1. The molecular weight excluding hydrogens is 373 g/mol. The van der Waals surface area contributed by atoms with E-state index in [9.17, 15) is 9.18 Å². The summed E-state index contributed by atoms with van der Waals surface area (Å²) in [6.45, 7) is 3.25. The fourth-order valence-electron chi connectivity index (χ4n) is 3.30. The van der Waals surface area contributed by atoms with Gasteiger partial charge in [-0.1, -0.05) is 18.5 Å². The number of rotatable bonds is 7. The summed E-state index contributed by atoms with van der Waals surface area (Å²) in [5.74, 6) is 1.18. The number of nitrogens with zero attached hydrogens (tertiary/aromatic N) is 3. The SMILES string of the molecule is CCCCOc1ccc(-c2nc([C@@H]3CC(=O)N(c4ccc(F)cc4)C3)no2)cc1. The second kappa shape index (κ2) is 8.43. The van der Waals surface area contributed by atoms with E-state index in [2.05, 4.69) is 17.1 Å². The van der Waals surface area contributed by atoms with Gasteiger partial charge in [0.15, 0.2) is 5.82 Å². The van der Waals surface area contributed by atoms with Crippen LogP contribution >= 0.6 is 0 Å². The smallest absolute Gasteiger partial charge is 0.257 e. The van der Waals surface area contributed by atoms with Crippen LogP contribution in [0.5, 0.6) is 5.75 Å². The van der Waals surface area contributed by atoms with Gasteiger partial charge in [-0.15, -0.1) is 0 Å². The first kappa shape index (κ1) is 19.1. The van der Waals surface area contributed by atoms with Crippen LogP contribution in [-0.4, -0.2) is 29.2 Å². The van der Waals surface area contributed by atoms with Crippen molar-refractivity contribution in [2.75, 3.05) is 18.1 Å². The molecule has 0 saturated carbocycles. The molecule has 4 rings (SSSR count). The number of carbonyl (C=O) groups is 1. The van der Waals surface area contributed by atoms with Gasteiger partial charge in [0.2, 0.25) is 5.91 Å². The lowest BCUT2D eigenvalue weighted by atomic mass is 10.1. The number of hydrogen-bond donors (Lipinski definition) is 0. The van der Waals surface area contributed by atoms with Crippen LogP contribution in [0.2, 0.25) is 0 Å². The van der Waals surface area contributed by atoms with Gasteiger partial charge in [-0.25, -0.2) is 4.39 Å². The molecule has 3 aromatic rings. The van der Waals surface area contributed by atoms with E-state index >= 15 is 0 Å². The molecule has 1 amide bonds. The van der Waals surface area contributed by atoms with Crippen LogP contribution in [0.25, 0.3) is 11.5 Å². The van der Waals surface area contributed by atoms with Gasteiger partial charge >= 0.3 is 0 Å². The molecule has 0 unspecified atom stereocenters. The van der Waals surface area contributed by atoms with Gasteiger partial charge in [0.05, 0.1) is 6.61 Å². The highest BCUT2D eigenvalue weighted by molar-refractivity contribution is 5.96. The average Bonchev–Trinajstić information content (AvgIpc) is 3.36. The number of benzene rings is 2. The van der Waals surface area contributed by atoms with E-state index in [1.54, 1.807) is 17.0 Å². The highest BCUT2D eigenvalue weighted by atomic mass is 19.1. The van der Waals surface area contributed by atoms with Crippen LogP contribution in [0.4, 0.5) is 10.1 Å². The van der Waals surface area contributed by atoms with Gasteiger partial charge in [-0.2, -0.15) is 4.98 Å². The van der Waals surface area contributed by atoms with Crippen molar-refractivity contribution in [3.8, 4) is 17.2 Å². The molecule has 7 heteroatoms. The monoisotopic (exact) mass is 395 g/mol. The number of halogens is 1. The van der Waals surface area contributed by atoms with Gasteiger partial charge in [0.1, 0.15) is 11.6 Å². The van der Waals surface area contributed by atoms with Crippen LogP contribution < -0.4 is 9.64 Å². The molecule has 1 aliphatic rings. The summed E-state index contributed by atoms with van der Waals surface area (Å²) in [5.41, 5.74) is 1.47. The summed E-state index contributed by atoms with van der Waals surface area (Å²) in [4.78, 5) is 18.5. The van der Waals surface area contributed by atoms with E-state index < -0.39 is 0 Å². The summed E-state index contributed by atoms with van der Waals surface area (Å²) >= 11 is 0. The second-order valence-corrected chi connectivity index (χ2v) is 7.07. The predicted molar refractivity (Wildman–Crippen MR) is 106 cm³/mol. The molecular formula is C22H22FN3O3. The minimum absolute atomic E-state index is 0.0402. The van der Waals surface area contributed by atoms with Crippen molar-refractivity contribution in [2.24, 2.45) is 0 Å². The molecule has 0 spiro atoms. The Kier molecular flexibility index (Phi) is 5.55. The first-order chi connectivity index (χ1) is 14.1. The molecule has 0 aliphatic carbocycles. The van der Waals surface area contributed by atoms with Crippen LogP contribution in [0, 0.1) is 5.82 Å². The van der Waals surface area contributed by atoms with Crippen LogP contribution in [-0.2, 0) is 4.79 Å². The lowest BCUT2D eigenvalue weighted by Crippen LogP contribution is -2.24. The van der Waals surface area contributed by atoms with Crippen molar-refractivity contribution in [2.45, 2.75) is 32.1 Å². The van der Waals surface area contributed by atoms with Crippen molar-refractivity contribution in [1.29, 1.82) is 0 Å². The minimum Gasteiger partial charge on any atom is -0.494 e. The molecule has 29 heavy (non-hydrogen) atoms. The Morgan fingerprint density at radius 2 is 1.93 bits per heavy atom. The van der Waals surface area contributed by atoms with Gasteiger partial charge in [-0.05, 0) is 55.0 Å². The summed E-state index contributed by atoms with van der Waals surface area (Å²) < 4.78 is 24.2. The number of carbonyl (C=O) groups excluding carboxylic acids is 1. The third kappa shape index (κ3) is 4.29. The Bertz CT molecular complexity index is 970. The zero-order chi connectivity index (χ0) is 20.2. The zero-order valence-electron chi connectivity index (χ0n) is 16.2. The standard InChI is InChI=1S/C22H22FN3O3/c1-2-3-12-28-19-10-4-15(5-11-19)22-24-21(25-29-22)16-13-20(27)26(14-16)18-8-6-17(23)7-9-18/h4-11,16H,2-3,12-14H2,1H3/t16-/m1/s1. The van der Waals surface area contributed by atoms with Gasteiger partial charge in [-0.3, -0.25) is 4.79 Å². The lowest BCUT2D eigenvalue weighted by Gasteiger charge is -2.15. The van der Waals surface area contributed by atoms with E-state index in [4.69, 9.17) is 9.26 Å². The Labute approximate surface area is 168 Å². The van der Waals surface area contributed by atoms with E-state index in [-0.39, 0.29) is 17.6 Å². The summed E-state index contributed by atoms with van der Waals surface area (Å²) in [5, 5.41) is 4.08.